The highest BCUT2D eigenvalue weighted by Crippen LogP contribution is 2.33. The molecule has 0 N–H and O–H groups in total. The van der Waals surface area contributed by atoms with Gasteiger partial charge in [0.25, 0.3) is 11.8 Å². The van der Waals surface area contributed by atoms with Gasteiger partial charge in [0.2, 0.25) is 0 Å². The number of nitrogens with zero attached hydrogens (tertiary/aromatic N) is 3. The smallest absolute Gasteiger partial charge is 0.261 e. The van der Waals surface area contributed by atoms with E-state index in [2.05, 4.69) is 10.1 Å². The second-order valence-corrected chi connectivity index (χ2v) is 7.63. The van der Waals surface area contributed by atoms with Gasteiger partial charge in [-0.3, -0.25) is 14.5 Å². The van der Waals surface area contributed by atoms with Gasteiger partial charge < -0.3 is 9.42 Å². The summed E-state index contributed by atoms with van der Waals surface area (Å²) < 4.78 is 18.6. The second-order valence-electron chi connectivity index (χ2n) is 7.63. The number of hydrogen-bond donors (Lipinski definition) is 0. The Kier molecular flexibility index (Phi) is 4.39. The highest BCUT2D eigenvalue weighted by atomic mass is 19.1. The van der Waals surface area contributed by atoms with Crippen molar-refractivity contribution in [3.63, 3.8) is 0 Å². The Hall–Kier alpha value is -3.06. The number of imide groups is 1. The van der Waals surface area contributed by atoms with E-state index in [0.29, 0.717) is 29.8 Å². The van der Waals surface area contributed by atoms with Crippen LogP contribution in [0.4, 0.5) is 4.39 Å². The maximum absolute atomic E-state index is 13.3. The summed E-state index contributed by atoms with van der Waals surface area (Å²) in [5, 5.41) is 5.05. The molecule has 29 heavy (non-hydrogen) atoms. The van der Waals surface area contributed by atoms with Crippen LogP contribution in [-0.2, 0) is 0 Å². The number of piperidine rings is 1. The number of amides is 2. The Morgan fingerprint density at radius 1 is 1.00 bits per heavy atom. The molecule has 3 heterocycles. The van der Waals surface area contributed by atoms with Crippen LogP contribution in [-0.4, -0.2) is 52.9 Å². The molecule has 0 radical (unpaired) electrons. The first kappa shape index (κ1) is 18.0. The second kappa shape index (κ2) is 7.08. The topological polar surface area (TPSA) is 66.7 Å². The molecule has 2 aromatic carbocycles. The number of benzene rings is 2. The first-order valence-electron chi connectivity index (χ1n) is 9.84. The van der Waals surface area contributed by atoms with Gasteiger partial charge in [-0.2, -0.15) is 0 Å². The van der Waals surface area contributed by atoms with Crippen LogP contribution in [0.3, 0.4) is 0 Å². The summed E-state index contributed by atoms with van der Waals surface area (Å²) in [7, 11) is 0. The van der Waals surface area contributed by atoms with Crippen molar-refractivity contribution in [1.29, 1.82) is 0 Å². The van der Waals surface area contributed by atoms with Crippen molar-refractivity contribution in [2.75, 3.05) is 26.2 Å². The zero-order chi connectivity index (χ0) is 20.0. The minimum atomic E-state index is -0.330. The van der Waals surface area contributed by atoms with Gasteiger partial charge in [-0.15, -0.1) is 0 Å². The molecule has 3 aromatic rings. The Morgan fingerprint density at radius 3 is 2.38 bits per heavy atom. The molecule has 0 aliphatic carbocycles. The van der Waals surface area contributed by atoms with Crippen LogP contribution >= 0.6 is 0 Å². The summed E-state index contributed by atoms with van der Waals surface area (Å²) in [4.78, 5) is 28.6. The lowest BCUT2D eigenvalue weighted by Crippen LogP contribution is -2.41. The van der Waals surface area contributed by atoms with Gasteiger partial charge in [0.15, 0.2) is 5.58 Å². The van der Waals surface area contributed by atoms with E-state index < -0.39 is 0 Å². The average Bonchev–Trinajstić information content (AvgIpc) is 3.26. The predicted octanol–water partition coefficient (Wildman–Crippen LogP) is 3.44. The molecule has 1 aromatic heterocycles. The van der Waals surface area contributed by atoms with E-state index in [-0.39, 0.29) is 23.5 Å². The number of hydrogen-bond acceptors (Lipinski definition) is 5. The quantitative estimate of drug-likeness (QED) is 0.636. The van der Waals surface area contributed by atoms with Crippen molar-refractivity contribution in [2.45, 2.75) is 18.8 Å². The number of likely N-dealkylation sites (tertiary alicyclic amines) is 1. The lowest BCUT2D eigenvalue weighted by Gasteiger charge is -2.32. The number of aromatic nitrogens is 1. The summed E-state index contributed by atoms with van der Waals surface area (Å²) >= 11 is 0. The van der Waals surface area contributed by atoms with E-state index in [4.69, 9.17) is 4.52 Å². The fourth-order valence-corrected chi connectivity index (χ4v) is 4.34. The third-order valence-corrected chi connectivity index (χ3v) is 5.95. The maximum Gasteiger partial charge on any atom is 0.261 e. The SMILES string of the molecule is O=C1c2ccccc2C(=O)N1CCN1CCC(c2noc3cc(F)ccc23)CC1. The van der Waals surface area contributed by atoms with E-state index in [1.54, 1.807) is 30.3 Å². The molecule has 2 amide bonds. The molecular weight excluding hydrogens is 373 g/mol. The van der Waals surface area contributed by atoms with Crippen LogP contribution in [0, 0.1) is 5.82 Å². The van der Waals surface area contributed by atoms with Crippen molar-refractivity contribution >= 4 is 22.8 Å². The van der Waals surface area contributed by atoms with E-state index in [1.807, 2.05) is 0 Å². The number of carbonyl (C=O) groups excluding carboxylic acids is 2. The van der Waals surface area contributed by atoms with Crippen molar-refractivity contribution < 1.29 is 18.5 Å². The zero-order valence-corrected chi connectivity index (χ0v) is 15.8. The number of fused-ring (bicyclic) bond motifs is 2. The molecule has 1 saturated heterocycles. The summed E-state index contributed by atoms with van der Waals surface area (Å²) in [6.45, 7) is 2.75. The Labute approximate surface area is 166 Å². The minimum absolute atomic E-state index is 0.207. The van der Waals surface area contributed by atoms with E-state index in [9.17, 15) is 14.0 Å². The molecule has 5 rings (SSSR count). The fraction of sp³-hybridized carbons (Fsp3) is 0.318. The average molecular weight is 393 g/mol. The summed E-state index contributed by atoms with van der Waals surface area (Å²) in [6.07, 6.45) is 1.81. The molecule has 0 saturated carbocycles. The molecule has 0 spiro atoms. The molecule has 1 fully saturated rings. The van der Waals surface area contributed by atoms with E-state index in [0.717, 1.165) is 37.0 Å². The van der Waals surface area contributed by atoms with Crippen LogP contribution in [0.15, 0.2) is 47.0 Å². The molecule has 0 bridgehead atoms. The Balaban J connectivity index is 1.20. The molecule has 2 aliphatic heterocycles. The van der Waals surface area contributed by atoms with Crippen LogP contribution in [0.5, 0.6) is 0 Å². The predicted molar refractivity (Wildman–Crippen MR) is 104 cm³/mol. The fourth-order valence-electron chi connectivity index (χ4n) is 4.34. The molecule has 2 aliphatic rings. The first-order valence-corrected chi connectivity index (χ1v) is 9.84. The third-order valence-electron chi connectivity index (χ3n) is 5.95. The Morgan fingerprint density at radius 2 is 1.69 bits per heavy atom. The number of carbonyl (C=O) groups is 2. The summed E-state index contributed by atoms with van der Waals surface area (Å²) in [5.41, 5.74) is 2.35. The van der Waals surface area contributed by atoms with E-state index in [1.165, 1.54) is 17.0 Å². The number of halogens is 1. The van der Waals surface area contributed by atoms with Crippen molar-refractivity contribution in [1.82, 2.24) is 15.0 Å². The maximum atomic E-state index is 13.3. The van der Waals surface area contributed by atoms with Crippen LogP contribution in [0.25, 0.3) is 11.0 Å². The number of rotatable bonds is 4. The largest absolute Gasteiger partial charge is 0.356 e. The Bertz CT molecular complexity index is 1070. The van der Waals surface area contributed by atoms with Gasteiger partial charge in [0.1, 0.15) is 5.82 Å². The first-order chi connectivity index (χ1) is 14.1. The molecule has 0 atom stereocenters. The molecular formula is C22H20FN3O3. The van der Waals surface area contributed by atoms with E-state index >= 15 is 0 Å². The highest BCUT2D eigenvalue weighted by Gasteiger charge is 2.35. The zero-order valence-electron chi connectivity index (χ0n) is 15.8. The summed E-state index contributed by atoms with van der Waals surface area (Å²) in [5.74, 6) is -0.482. The van der Waals surface area contributed by atoms with Crippen molar-refractivity contribution in [3.05, 3.63) is 65.1 Å². The van der Waals surface area contributed by atoms with Crippen molar-refractivity contribution in [2.24, 2.45) is 0 Å². The van der Waals surface area contributed by atoms with Gasteiger partial charge in [0, 0.05) is 30.5 Å². The normalized spacial score (nSPS) is 18.0. The third kappa shape index (κ3) is 3.11. The van der Waals surface area contributed by atoms with Crippen LogP contribution < -0.4 is 0 Å². The monoisotopic (exact) mass is 393 g/mol. The van der Waals surface area contributed by atoms with Gasteiger partial charge in [0.05, 0.1) is 16.8 Å². The molecule has 0 unspecified atom stereocenters. The standard InChI is InChI=1S/C22H20FN3O3/c23-15-5-6-18-19(13-15)29-24-20(18)14-7-9-25(10-8-14)11-12-26-21(27)16-3-1-2-4-17(16)22(26)28/h1-6,13-14H,7-12H2. The molecule has 6 nitrogen and oxygen atoms in total. The van der Waals surface area contributed by atoms with Crippen molar-refractivity contribution in [3.8, 4) is 0 Å². The van der Waals surface area contributed by atoms with Gasteiger partial charge in [-0.1, -0.05) is 17.3 Å². The van der Waals surface area contributed by atoms with Crippen LogP contribution in [0.1, 0.15) is 45.2 Å². The lowest BCUT2D eigenvalue weighted by atomic mass is 9.91. The lowest BCUT2D eigenvalue weighted by molar-refractivity contribution is 0.0629. The molecule has 148 valence electrons. The van der Waals surface area contributed by atoms with Gasteiger partial charge in [-0.05, 0) is 50.2 Å². The minimum Gasteiger partial charge on any atom is -0.356 e. The van der Waals surface area contributed by atoms with Gasteiger partial charge >= 0.3 is 0 Å². The highest BCUT2D eigenvalue weighted by molar-refractivity contribution is 6.21. The van der Waals surface area contributed by atoms with Gasteiger partial charge in [-0.25, -0.2) is 4.39 Å². The molecule has 7 heteroatoms. The summed E-state index contributed by atoms with van der Waals surface area (Å²) in [6, 6.07) is 11.5. The van der Waals surface area contributed by atoms with Crippen LogP contribution in [0.2, 0.25) is 0 Å².